The summed E-state index contributed by atoms with van der Waals surface area (Å²) in [5.41, 5.74) is 5.31. The van der Waals surface area contributed by atoms with Crippen molar-refractivity contribution in [2.45, 2.75) is 52.0 Å². The summed E-state index contributed by atoms with van der Waals surface area (Å²) in [5, 5.41) is 0. The molecule has 0 aliphatic carbocycles. The number of hydrogen-bond donors (Lipinski definition) is 1. The lowest BCUT2D eigenvalue weighted by Gasteiger charge is -2.35. The van der Waals surface area contributed by atoms with Gasteiger partial charge in [-0.1, -0.05) is 19.8 Å². The van der Waals surface area contributed by atoms with E-state index < -0.39 is 0 Å². The SMILES string of the molecule is CCCCC(C)N1CCC(C(N)=O)CC1. The van der Waals surface area contributed by atoms with Crippen molar-refractivity contribution in [3.05, 3.63) is 0 Å². The quantitative estimate of drug-likeness (QED) is 0.755. The van der Waals surface area contributed by atoms with Gasteiger partial charge in [0.1, 0.15) is 0 Å². The van der Waals surface area contributed by atoms with Gasteiger partial charge in [-0.25, -0.2) is 0 Å². The number of primary amides is 1. The molecule has 0 radical (unpaired) electrons. The molecule has 3 nitrogen and oxygen atoms in total. The van der Waals surface area contributed by atoms with Gasteiger partial charge in [-0.05, 0) is 39.3 Å². The van der Waals surface area contributed by atoms with Crippen LogP contribution in [0.4, 0.5) is 0 Å². The Kier molecular flexibility index (Phi) is 5.09. The molecule has 0 spiro atoms. The zero-order valence-corrected chi connectivity index (χ0v) is 10.0. The molecule has 1 aliphatic rings. The van der Waals surface area contributed by atoms with Gasteiger partial charge >= 0.3 is 0 Å². The van der Waals surface area contributed by atoms with Crippen LogP contribution in [0.15, 0.2) is 0 Å². The van der Waals surface area contributed by atoms with Crippen LogP contribution < -0.4 is 5.73 Å². The summed E-state index contributed by atoms with van der Waals surface area (Å²) >= 11 is 0. The molecule has 0 saturated carbocycles. The highest BCUT2D eigenvalue weighted by molar-refractivity contribution is 5.76. The molecule has 0 bridgehead atoms. The predicted octanol–water partition coefficient (Wildman–Crippen LogP) is 1.76. The Morgan fingerprint density at radius 2 is 2.07 bits per heavy atom. The molecule has 1 unspecified atom stereocenters. The molecule has 1 aliphatic heterocycles. The standard InChI is InChI=1S/C12H24N2O/c1-3-4-5-10(2)14-8-6-11(7-9-14)12(13)15/h10-11H,3-9H2,1-2H3,(H2,13,15). The normalized spacial score (nSPS) is 21.5. The first kappa shape index (κ1) is 12.5. The number of nitrogens with zero attached hydrogens (tertiary/aromatic N) is 1. The Bertz CT molecular complexity index is 198. The van der Waals surface area contributed by atoms with E-state index in [2.05, 4.69) is 18.7 Å². The summed E-state index contributed by atoms with van der Waals surface area (Å²) in [7, 11) is 0. The average Bonchev–Trinajstić information content (AvgIpc) is 2.26. The lowest BCUT2D eigenvalue weighted by Crippen LogP contribution is -2.42. The molecule has 1 heterocycles. The molecule has 0 aromatic heterocycles. The Labute approximate surface area is 93.0 Å². The molecular weight excluding hydrogens is 188 g/mol. The van der Waals surface area contributed by atoms with E-state index in [1.807, 2.05) is 0 Å². The second kappa shape index (κ2) is 6.11. The first-order valence-electron chi connectivity index (χ1n) is 6.18. The summed E-state index contributed by atoms with van der Waals surface area (Å²) < 4.78 is 0. The first-order valence-corrected chi connectivity index (χ1v) is 6.18. The van der Waals surface area contributed by atoms with Crippen molar-refractivity contribution in [2.24, 2.45) is 11.7 Å². The zero-order chi connectivity index (χ0) is 11.3. The van der Waals surface area contributed by atoms with Gasteiger partial charge in [0, 0.05) is 12.0 Å². The molecule has 15 heavy (non-hydrogen) atoms. The number of piperidine rings is 1. The third kappa shape index (κ3) is 3.82. The lowest BCUT2D eigenvalue weighted by atomic mass is 9.94. The number of hydrogen-bond acceptors (Lipinski definition) is 2. The number of rotatable bonds is 5. The van der Waals surface area contributed by atoms with Crippen LogP contribution in [0.25, 0.3) is 0 Å². The summed E-state index contributed by atoms with van der Waals surface area (Å²) in [5.74, 6) is 0.00971. The van der Waals surface area contributed by atoms with E-state index in [0.717, 1.165) is 25.9 Å². The van der Waals surface area contributed by atoms with Crippen molar-refractivity contribution >= 4 is 5.91 Å². The van der Waals surface area contributed by atoms with E-state index in [-0.39, 0.29) is 11.8 Å². The molecule has 0 aromatic carbocycles. The van der Waals surface area contributed by atoms with E-state index >= 15 is 0 Å². The lowest BCUT2D eigenvalue weighted by molar-refractivity contribution is -0.123. The fourth-order valence-electron chi connectivity index (χ4n) is 2.31. The van der Waals surface area contributed by atoms with E-state index in [4.69, 9.17) is 5.73 Å². The van der Waals surface area contributed by atoms with Gasteiger partial charge in [0.05, 0.1) is 0 Å². The van der Waals surface area contributed by atoms with Gasteiger partial charge in [0.2, 0.25) is 5.91 Å². The fourth-order valence-corrected chi connectivity index (χ4v) is 2.31. The van der Waals surface area contributed by atoms with Crippen molar-refractivity contribution in [3.8, 4) is 0 Å². The largest absolute Gasteiger partial charge is 0.369 e. The monoisotopic (exact) mass is 212 g/mol. The third-order valence-electron chi connectivity index (χ3n) is 3.53. The summed E-state index contributed by atoms with van der Waals surface area (Å²) in [6.07, 6.45) is 5.74. The summed E-state index contributed by atoms with van der Waals surface area (Å²) in [4.78, 5) is 13.5. The van der Waals surface area contributed by atoms with E-state index in [1.54, 1.807) is 0 Å². The Morgan fingerprint density at radius 1 is 1.47 bits per heavy atom. The van der Waals surface area contributed by atoms with E-state index in [0.29, 0.717) is 6.04 Å². The summed E-state index contributed by atoms with van der Waals surface area (Å²) in [6, 6.07) is 0.666. The van der Waals surface area contributed by atoms with E-state index in [1.165, 1.54) is 19.3 Å². The number of carbonyl (C=O) groups excluding carboxylic acids is 1. The van der Waals surface area contributed by atoms with Crippen LogP contribution in [0.2, 0.25) is 0 Å². The van der Waals surface area contributed by atoms with Crippen LogP contribution in [0.3, 0.4) is 0 Å². The number of likely N-dealkylation sites (tertiary alicyclic amines) is 1. The predicted molar refractivity (Wildman–Crippen MR) is 62.5 cm³/mol. The highest BCUT2D eigenvalue weighted by Crippen LogP contribution is 2.20. The molecule has 1 fully saturated rings. The van der Waals surface area contributed by atoms with Gasteiger partial charge in [-0.3, -0.25) is 4.79 Å². The molecule has 1 rings (SSSR count). The van der Waals surface area contributed by atoms with Crippen molar-refractivity contribution < 1.29 is 4.79 Å². The van der Waals surface area contributed by atoms with Crippen molar-refractivity contribution in [3.63, 3.8) is 0 Å². The molecule has 2 N–H and O–H groups in total. The highest BCUT2D eigenvalue weighted by atomic mass is 16.1. The number of unbranched alkanes of at least 4 members (excludes halogenated alkanes) is 1. The van der Waals surface area contributed by atoms with Crippen LogP contribution in [-0.4, -0.2) is 29.9 Å². The van der Waals surface area contributed by atoms with E-state index in [9.17, 15) is 4.79 Å². The topological polar surface area (TPSA) is 46.3 Å². The minimum atomic E-state index is -0.115. The van der Waals surface area contributed by atoms with Gasteiger partial charge in [-0.15, -0.1) is 0 Å². The highest BCUT2D eigenvalue weighted by Gasteiger charge is 2.25. The second-order valence-electron chi connectivity index (χ2n) is 4.70. The second-order valence-corrected chi connectivity index (χ2v) is 4.70. The van der Waals surface area contributed by atoms with Gasteiger partial charge < -0.3 is 10.6 Å². The number of amides is 1. The summed E-state index contributed by atoms with van der Waals surface area (Å²) in [6.45, 7) is 6.60. The number of nitrogens with two attached hydrogens (primary N) is 1. The van der Waals surface area contributed by atoms with Crippen molar-refractivity contribution in [1.82, 2.24) is 4.90 Å². The first-order chi connectivity index (χ1) is 7.15. The molecule has 0 aromatic rings. The maximum Gasteiger partial charge on any atom is 0.220 e. The maximum atomic E-state index is 11.0. The van der Waals surface area contributed by atoms with Crippen LogP contribution in [0.5, 0.6) is 0 Å². The Hall–Kier alpha value is -0.570. The Balaban J connectivity index is 2.27. The van der Waals surface area contributed by atoms with Crippen LogP contribution >= 0.6 is 0 Å². The minimum Gasteiger partial charge on any atom is -0.369 e. The molecule has 88 valence electrons. The smallest absolute Gasteiger partial charge is 0.220 e. The zero-order valence-electron chi connectivity index (χ0n) is 10.0. The number of carbonyl (C=O) groups is 1. The third-order valence-corrected chi connectivity index (χ3v) is 3.53. The average molecular weight is 212 g/mol. The molecule has 1 atom stereocenters. The van der Waals surface area contributed by atoms with Gasteiger partial charge in [-0.2, -0.15) is 0 Å². The van der Waals surface area contributed by atoms with Crippen LogP contribution in [-0.2, 0) is 4.79 Å². The van der Waals surface area contributed by atoms with Gasteiger partial charge in [0.15, 0.2) is 0 Å². The molecule has 1 saturated heterocycles. The maximum absolute atomic E-state index is 11.0. The molecule has 1 amide bonds. The molecule has 3 heteroatoms. The van der Waals surface area contributed by atoms with Gasteiger partial charge in [0.25, 0.3) is 0 Å². The van der Waals surface area contributed by atoms with Crippen molar-refractivity contribution in [1.29, 1.82) is 0 Å². The fraction of sp³-hybridized carbons (Fsp3) is 0.917. The Morgan fingerprint density at radius 3 is 2.53 bits per heavy atom. The van der Waals surface area contributed by atoms with Crippen molar-refractivity contribution in [2.75, 3.05) is 13.1 Å². The van der Waals surface area contributed by atoms with Crippen LogP contribution in [0, 0.1) is 5.92 Å². The molecular formula is C12H24N2O. The minimum absolute atomic E-state index is 0.115. The van der Waals surface area contributed by atoms with Crippen LogP contribution in [0.1, 0.15) is 46.0 Å².